The number of hydrogen-bond donors (Lipinski definition) is 3. The van der Waals surface area contributed by atoms with E-state index in [1.165, 1.54) is 11.9 Å². The number of aromatic nitrogens is 6. The van der Waals surface area contributed by atoms with E-state index in [4.69, 9.17) is 25.0 Å². The third-order valence-electron chi connectivity index (χ3n) is 7.90. The zero-order valence-electron chi connectivity index (χ0n) is 25.5. The highest BCUT2D eigenvalue weighted by molar-refractivity contribution is 5.99. The number of nitrogens with two attached hydrogens (primary N) is 1. The number of rotatable bonds is 15. The van der Waals surface area contributed by atoms with Gasteiger partial charge in [0, 0.05) is 43.0 Å². The van der Waals surface area contributed by atoms with Crippen LogP contribution in [0.2, 0.25) is 0 Å². The number of nitrogens with zero attached hydrogens (tertiary/aromatic N) is 6. The number of hydrogen-bond acceptors (Lipinski definition) is 10. The molecule has 0 aliphatic carbocycles. The second-order valence-electron chi connectivity index (χ2n) is 11.0. The highest BCUT2D eigenvalue weighted by atomic mass is 16.5. The van der Waals surface area contributed by atoms with Gasteiger partial charge in [-0.15, -0.1) is 0 Å². The van der Waals surface area contributed by atoms with Crippen molar-refractivity contribution in [2.75, 3.05) is 65.5 Å². The van der Waals surface area contributed by atoms with E-state index in [0.29, 0.717) is 88.2 Å². The van der Waals surface area contributed by atoms with Crippen LogP contribution in [0.25, 0.3) is 33.3 Å². The number of carbonyl (C=O) groups is 1. The molecule has 0 atom stereocenters. The monoisotopic (exact) mass is 613 g/mol. The van der Waals surface area contributed by atoms with Crippen molar-refractivity contribution in [3.05, 3.63) is 65.7 Å². The van der Waals surface area contributed by atoms with Crippen molar-refractivity contribution in [3.8, 4) is 11.3 Å². The lowest BCUT2D eigenvalue weighted by Gasteiger charge is -2.29. The van der Waals surface area contributed by atoms with E-state index in [2.05, 4.69) is 43.5 Å². The molecule has 0 spiro atoms. The van der Waals surface area contributed by atoms with Gasteiger partial charge >= 0.3 is 0 Å². The molecule has 13 heteroatoms. The summed E-state index contributed by atoms with van der Waals surface area (Å²) in [4.78, 5) is 31.2. The number of aromatic amines is 1. The molecular formula is C32H39N9O4. The number of benzene rings is 1. The van der Waals surface area contributed by atoms with E-state index < -0.39 is 0 Å². The fraction of sp³-hybridized carbons (Fsp3) is 0.406. The lowest BCUT2D eigenvalue weighted by Crippen LogP contribution is -2.36. The summed E-state index contributed by atoms with van der Waals surface area (Å²) in [6.45, 7) is 5.71. The van der Waals surface area contributed by atoms with Crippen LogP contribution in [0.4, 0.5) is 5.82 Å². The van der Waals surface area contributed by atoms with Gasteiger partial charge in [0.1, 0.15) is 23.5 Å². The van der Waals surface area contributed by atoms with Crippen molar-refractivity contribution in [2.45, 2.75) is 25.9 Å². The first-order valence-electron chi connectivity index (χ1n) is 15.3. The summed E-state index contributed by atoms with van der Waals surface area (Å²) in [5, 5.41) is 9.65. The third kappa shape index (κ3) is 7.28. The Morgan fingerprint density at radius 3 is 2.67 bits per heavy atom. The Hall–Kier alpha value is -4.43. The van der Waals surface area contributed by atoms with Crippen LogP contribution in [0.15, 0.2) is 49.1 Å². The van der Waals surface area contributed by atoms with Crippen LogP contribution in [0.3, 0.4) is 0 Å². The maximum atomic E-state index is 12.9. The first-order valence-corrected chi connectivity index (χ1v) is 15.3. The van der Waals surface area contributed by atoms with Crippen molar-refractivity contribution in [3.63, 3.8) is 0 Å². The van der Waals surface area contributed by atoms with Crippen molar-refractivity contribution in [1.29, 1.82) is 0 Å². The summed E-state index contributed by atoms with van der Waals surface area (Å²) in [6, 6.07) is 10.4. The molecule has 0 saturated heterocycles. The van der Waals surface area contributed by atoms with Crippen molar-refractivity contribution in [2.24, 2.45) is 0 Å². The summed E-state index contributed by atoms with van der Waals surface area (Å²) >= 11 is 0. The molecule has 0 fully saturated rings. The van der Waals surface area contributed by atoms with Gasteiger partial charge < -0.3 is 35.1 Å². The maximum Gasteiger partial charge on any atom is 0.225 e. The molecule has 4 aromatic heterocycles. The number of likely N-dealkylation sites (N-methyl/N-ethyl adjacent to an activating group) is 1. The predicted molar refractivity (Wildman–Crippen MR) is 170 cm³/mol. The molecule has 45 heavy (non-hydrogen) atoms. The molecule has 0 unspecified atom stereocenters. The molecule has 1 aliphatic rings. The fourth-order valence-corrected chi connectivity index (χ4v) is 5.54. The maximum absolute atomic E-state index is 12.9. The van der Waals surface area contributed by atoms with Crippen LogP contribution < -0.4 is 11.1 Å². The summed E-state index contributed by atoms with van der Waals surface area (Å²) in [5.74, 6) is 0.481. The van der Waals surface area contributed by atoms with Crippen LogP contribution in [0.5, 0.6) is 0 Å². The van der Waals surface area contributed by atoms with Gasteiger partial charge in [0.25, 0.3) is 0 Å². The molecule has 0 bridgehead atoms. The number of nitrogens with one attached hydrogen (secondary N) is 2. The van der Waals surface area contributed by atoms with Gasteiger partial charge in [0.15, 0.2) is 5.65 Å². The minimum Gasteiger partial charge on any atom is -0.383 e. The summed E-state index contributed by atoms with van der Waals surface area (Å²) in [6.07, 6.45) is 6.26. The number of pyridine rings is 1. The average Bonchev–Trinajstić information content (AvgIpc) is 3.68. The third-order valence-corrected chi connectivity index (χ3v) is 7.90. The van der Waals surface area contributed by atoms with Gasteiger partial charge in [-0.05, 0) is 42.3 Å². The lowest BCUT2D eigenvalue weighted by atomic mass is 9.97. The van der Waals surface area contributed by atoms with E-state index >= 15 is 0 Å². The van der Waals surface area contributed by atoms with Crippen LogP contribution >= 0.6 is 0 Å². The quantitative estimate of drug-likeness (QED) is 0.150. The number of H-pyrrole nitrogens is 1. The zero-order chi connectivity index (χ0) is 31.0. The number of nitrogen functional groups attached to an aromatic ring is 1. The second kappa shape index (κ2) is 14.6. The molecule has 0 radical (unpaired) electrons. The van der Waals surface area contributed by atoms with Gasteiger partial charge in [0.05, 0.1) is 58.0 Å². The van der Waals surface area contributed by atoms with E-state index in [1.54, 1.807) is 6.20 Å². The normalized spacial score (nSPS) is 13.1. The van der Waals surface area contributed by atoms with Crippen LogP contribution in [0, 0.1) is 0 Å². The zero-order valence-corrected chi connectivity index (χ0v) is 25.5. The van der Waals surface area contributed by atoms with Gasteiger partial charge in [0.2, 0.25) is 5.91 Å². The standard InChI is InChI=1S/C32H39N9O4/c1-34-8-11-44-13-15-45-14-12-43-10-6-27(42)40-9-5-23-16-22(2-3-25(23)20-40)19-41-32-28(30(33)37-21-38-32)29(39-41)26-17-24-4-7-35-31(24)36-18-26/h2-4,7,16-18,21,34H,5-6,8-15,19-20H2,1H3,(H,35,36)(H2,33,37,38). The topological polar surface area (TPSA) is 158 Å². The highest BCUT2D eigenvalue weighted by Crippen LogP contribution is 2.31. The molecule has 5 aromatic rings. The Balaban J connectivity index is 1.03. The number of fused-ring (bicyclic) bond motifs is 3. The van der Waals surface area contributed by atoms with E-state index in [0.717, 1.165) is 40.7 Å². The Kier molecular flexibility index (Phi) is 9.90. The van der Waals surface area contributed by atoms with E-state index in [9.17, 15) is 4.79 Å². The Morgan fingerprint density at radius 1 is 1.00 bits per heavy atom. The van der Waals surface area contributed by atoms with Crippen molar-refractivity contribution >= 4 is 33.8 Å². The van der Waals surface area contributed by atoms with Crippen LogP contribution in [-0.2, 0) is 38.5 Å². The number of ether oxygens (including phenoxy) is 3. The molecule has 1 aliphatic heterocycles. The smallest absolute Gasteiger partial charge is 0.225 e. The first-order chi connectivity index (χ1) is 22.1. The molecule has 1 amide bonds. The lowest BCUT2D eigenvalue weighted by molar-refractivity contribution is -0.133. The van der Waals surface area contributed by atoms with Gasteiger partial charge in [-0.2, -0.15) is 5.10 Å². The minimum atomic E-state index is 0.101. The fourth-order valence-electron chi connectivity index (χ4n) is 5.54. The number of carbonyl (C=O) groups excluding carboxylic acids is 1. The van der Waals surface area contributed by atoms with Crippen molar-refractivity contribution < 1.29 is 19.0 Å². The molecular weight excluding hydrogens is 574 g/mol. The summed E-state index contributed by atoms with van der Waals surface area (Å²) in [7, 11) is 1.89. The van der Waals surface area contributed by atoms with E-state index in [1.807, 2.05) is 35.0 Å². The number of anilines is 1. The summed E-state index contributed by atoms with van der Waals surface area (Å²) < 4.78 is 18.4. The van der Waals surface area contributed by atoms with E-state index in [-0.39, 0.29) is 5.91 Å². The van der Waals surface area contributed by atoms with Crippen molar-refractivity contribution in [1.82, 2.24) is 39.9 Å². The predicted octanol–water partition coefficient (Wildman–Crippen LogP) is 2.54. The van der Waals surface area contributed by atoms with Gasteiger partial charge in [-0.3, -0.25) is 4.79 Å². The summed E-state index contributed by atoms with van der Waals surface area (Å²) in [5.41, 5.74) is 12.9. The minimum absolute atomic E-state index is 0.101. The molecule has 0 saturated carbocycles. The molecule has 6 rings (SSSR count). The highest BCUT2D eigenvalue weighted by Gasteiger charge is 2.22. The Labute approximate surface area is 261 Å². The Bertz CT molecular complexity index is 1750. The van der Waals surface area contributed by atoms with Gasteiger partial charge in [-0.1, -0.05) is 18.2 Å². The molecule has 1 aromatic carbocycles. The van der Waals surface area contributed by atoms with Crippen LogP contribution in [0.1, 0.15) is 23.1 Å². The largest absolute Gasteiger partial charge is 0.383 e. The second-order valence-corrected chi connectivity index (χ2v) is 11.0. The first kappa shape index (κ1) is 30.6. The molecule has 4 N–H and O–H groups in total. The van der Waals surface area contributed by atoms with Gasteiger partial charge in [-0.25, -0.2) is 19.6 Å². The molecule has 13 nitrogen and oxygen atoms in total. The molecule has 236 valence electrons. The Morgan fingerprint density at radius 2 is 1.82 bits per heavy atom. The molecule has 5 heterocycles. The van der Waals surface area contributed by atoms with Crippen LogP contribution in [-0.4, -0.2) is 100 Å². The average molecular weight is 614 g/mol. The number of amides is 1. The SMILES string of the molecule is CNCCOCCOCCOCCC(=O)N1CCc2cc(Cn3nc(-c4cnc5[nH]ccc5c4)c4c(N)ncnc43)ccc2C1.